The van der Waals surface area contributed by atoms with Crippen LogP contribution in [0.25, 0.3) is 11.0 Å². The van der Waals surface area contributed by atoms with E-state index < -0.39 is 17.8 Å². The van der Waals surface area contributed by atoms with Crippen LogP contribution in [0.1, 0.15) is 23.2 Å². The van der Waals surface area contributed by atoms with Crippen LogP contribution in [0, 0.1) is 11.8 Å². The summed E-state index contributed by atoms with van der Waals surface area (Å²) in [5.74, 6) is -2.01. The molecule has 2 N–H and O–H groups in total. The number of nitrogens with one attached hydrogen (secondary N) is 1. The molecule has 2 fully saturated rings. The number of aromatic amines is 1. The Labute approximate surface area is 149 Å². The number of imidazole rings is 1. The first kappa shape index (κ1) is 16.6. The zero-order valence-electron chi connectivity index (χ0n) is 14.2. The number of aliphatic carboxylic acids is 1. The molecule has 4 rings (SSSR count). The van der Waals surface area contributed by atoms with Crippen molar-refractivity contribution >= 4 is 28.8 Å². The van der Waals surface area contributed by atoms with E-state index in [4.69, 9.17) is 5.11 Å². The van der Waals surface area contributed by atoms with Crippen LogP contribution in [0.15, 0.2) is 24.5 Å². The molecule has 8 nitrogen and oxygen atoms in total. The molecule has 136 valence electrons. The van der Waals surface area contributed by atoms with Crippen LogP contribution >= 0.6 is 0 Å². The van der Waals surface area contributed by atoms with Gasteiger partial charge in [0.15, 0.2) is 0 Å². The summed E-state index contributed by atoms with van der Waals surface area (Å²) in [7, 11) is 0. The van der Waals surface area contributed by atoms with Gasteiger partial charge < -0.3 is 19.9 Å². The minimum Gasteiger partial charge on any atom is -0.481 e. The lowest BCUT2D eigenvalue weighted by atomic mass is 9.73. The van der Waals surface area contributed by atoms with E-state index in [0.717, 1.165) is 11.0 Å². The molecular formula is C18H20N4O4. The SMILES string of the molecule is O=C(O)C1CCC1C(=O)N1CCN(C(=O)c2ccc3nc[nH]c3c2)CC1. The third-order valence-corrected chi connectivity index (χ3v) is 5.45. The van der Waals surface area contributed by atoms with E-state index in [9.17, 15) is 14.4 Å². The van der Waals surface area contributed by atoms with Crippen LogP contribution in [0.2, 0.25) is 0 Å². The Morgan fingerprint density at radius 1 is 1.04 bits per heavy atom. The summed E-state index contributed by atoms with van der Waals surface area (Å²) in [6, 6.07) is 5.35. The molecule has 2 aromatic rings. The second-order valence-corrected chi connectivity index (χ2v) is 6.88. The van der Waals surface area contributed by atoms with E-state index in [2.05, 4.69) is 9.97 Å². The van der Waals surface area contributed by atoms with E-state index >= 15 is 0 Å². The quantitative estimate of drug-likeness (QED) is 0.852. The predicted octanol–water partition coefficient (Wildman–Crippen LogP) is 0.958. The van der Waals surface area contributed by atoms with Gasteiger partial charge in [0.05, 0.1) is 29.2 Å². The average Bonchev–Trinajstić information content (AvgIpc) is 3.07. The van der Waals surface area contributed by atoms with Gasteiger partial charge in [-0.25, -0.2) is 4.98 Å². The highest BCUT2D eigenvalue weighted by Crippen LogP contribution is 2.36. The molecule has 1 aliphatic heterocycles. The molecule has 1 aromatic carbocycles. The first-order chi connectivity index (χ1) is 12.5. The van der Waals surface area contributed by atoms with Crippen molar-refractivity contribution in [1.29, 1.82) is 0 Å². The molecule has 8 heteroatoms. The van der Waals surface area contributed by atoms with E-state index in [0.29, 0.717) is 44.6 Å². The van der Waals surface area contributed by atoms with E-state index in [1.54, 1.807) is 28.3 Å². The van der Waals surface area contributed by atoms with E-state index in [-0.39, 0.29) is 11.8 Å². The van der Waals surface area contributed by atoms with Crippen molar-refractivity contribution in [2.24, 2.45) is 11.8 Å². The van der Waals surface area contributed by atoms with Gasteiger partial charge in [-0.1, -0.05) is 0 Å². The van der Waals surface area contributed by atoms with Crippen molar-refractivity contribution in [3.8, 4) is 0 Å². The summed E-state index contributed by atoms with van der Waals surface area (Å²) in [4.78, 5) is 46.9. The molecule has 1 saturated heterocycles. The minimum absolute atomic E-state index is 0.0688. The Morgan fingerprint density at radius 3 is 2.38 bits per heavy atom. The molecule has 2 aliphatic rings. The fourth-order valence-corrected chi connectivity index (χ4v) is 3.71. The van der Waals surface area contributed by atoms with Crippen LogP contribution in [0.3, 0.4) is 0 Å². The number of carbonyl (C=O) groups is 3. The monoisotopic (exact) mass is 356 g/mol. The molecule has 2 atom stereocenters. The highest BCUT2D eigenvalue weighted by atomic mass is 16.4. The summed E-state index contributed by atoms with van der Waals surface area (Å²) < 4.78 is 0. The van der Waals surface area contributed by atoms with Gasteiger partial charge in [-0.15, -0.1) is 0 Å². The van der Waals surface area contributed by atoms with Crippen molar-refractivity contribution in [1.82, 2.24) is 19.8 Å². The third kappa shape index (κ3) is 2.81. The predicted molar refractivity (Wildman–Crippen MR) is 92.4 cm³/mol. The number of rotatable bonds is 3. The maximum absolute atomic E-state index is 12.7. The molecule has 2 amide bonds. The molecule has 0 spiro atoms. The number of carboxylic acid groups (broad SMARTS) is 1. The number of benzene rings is 1. The first-order valence-corrected chi connectivity index (χ1v) is 8.78. The molecule has 2 heterocycles. The van der Waals surface area contributed by atoms with Crippen molar-refractivity contribution < 1.29 is 19.5 Å². The van der Waals surface area contributed by atoms with Crippen LogP contribution in [0.5, 0.6) is 0 Å². The average molecular weight is 356 g/mol. The number of H-pyrrole nitrogens is 1. The Balaban J connectivity index is 1.37. The number of piperazine rings is 1. The van der Waals surface area contributed by atoms with Gasteiger partial charge in [-0.05, 0) is 31.0 Å². The molecule has 26 heavy (non-hydrogen) atoms. The van der Waals surface area contributed by atoms with Gasteiger partial charge in [-0.2, -0.15) is 0 Å². The molecular weight excluding hydrogens is 336 g/mol. The summed E-state index contributed by atoms with van der Waals surface area (Å²) in [6.45, 7) is 1.80. The number of aromatic nitrogens is 2. The molecule has 0 bridgehead atoms. The second kappa shape index (κ2) is 6.44. The Kier molecular flexibility index (Phi) is 4.10. The van der Waals surface area contributed by atoms with Gasteiger partial charge in [0.1, 0.15) is 0 Å². The molecule has 1 saturated carbocycles. The number of hydrogen-bond acceptors (Lipinski definition) is 4. The number of carbonyl (C=O) groups excluding carboxylic acids is 2. The lowest BCUT2D eigenvalue weighted by Gasteiger charge is -2.40. The highest BCUT2D eigenvalue weighted by Gasteiger charge is 2.43. The number of hydrogen-bond donors (Lipinski definition) is 2. The Bertz CT molecular complexity index is 869. The fourth-order valence-electron chi connectivity index (χ4n) is 3.71. The Hall–Kier alpha value is -2.90. The zero-order chi connectivity index (χ0) is 18.3. The van der Waals surface area contributed by atoms with E-state index in [1.165, 1.54) is 0 Å². The van der Waals surface area contributed by atoms with Crippen molar-refractivity contribution in [2.45, 2.75) is 12.8 Å². The van der Waals surface area contributed by atoms with Crippen molar-refractivity contribution in [3.05, 3.63) is 30.1 Å². The summed E-state index contributed by atoms with van der Waals surface area (Å²) in [5.41, 5.74) is 2.21. The summed E-state index contributed by atoms with van der Waals surface area (Å²) in [6.07, 6.45) is 2.80. The van der Waals surface area contributed by atoms with Gasteiger partial charge >= 0.3 is 5.97 Å². The maximum atomic E-state index is 12.7. The smallest absolute Gasteiger partial charge is 0.307 e. The van der Waals surface area contributed by atoms with Gasteiger partial charge in [0, 0.05) is 31.7 Å². The highest BCUT2D eigenvalue weighted by molar-refractivity contribution is 5.97. The van der Waals surface area contributed by atoms with Crippen molar-refractivity contribution in [2.75, 3.05) is 26.2 Å². The molecule has 1 aliphatic carbocycles. The fraction of sp³-hybridized carbons (Fsp3) is 0.444. The lowest BCUT2D eigenvalue weighted by molar-refractivity contribution is -0.157. The second-order valence-electron chi connectivity index (χ2n) is 6.88. The summed E-state index contributed by atoms with van der Waals surface area (Å²) in [5, 5.41) is 9.12. The number of fused-ring (bicyclic) bond motifs is 1. The van der Waals surface area contributed by atoms with Crippen LogP contribution < -0.4 is 0 Å². The van der Waals surface area contributed by atoms with Crippen LogP contribution in [-0.2, 0) is 9.59 Å². The van der Waals surface area contributed by atoms with Crippen LogP contribution in [-0.4, -0.2) is 68.8 Å². The van der Waals surface area contributed by atoms with Gasteiger partial charge in [0.25, 0.3) is 5.91 Å². The topological polar surface area (TPSA) is 107 Å². The summed E-state index contributed by atoms with van der Waals surface area (Å²) >= 11 is 0. The maximum Gasteiger partial charge on any atom is 0.307 e. The normalized spacial score (nSPS) is 22.9. The van der Waals surface area contributed by atoms with Gasteiger partial charge in [0.2, 0.25) is 5.91 Å². The molecule has 1 aromatic heterocycles. The molecule has 0 radical (unpaired) electrons. The van der Waals surface area contributed by atoms with E-state index in [1.807, 2.05) is 6.07 Å². The lowest BCUT2D eigenvalue weighted by Crippen LogP contribution is -2.54. The number of nitrogens with zero attached hydrogens (tertiary/aromatic N) is 3. The first-order valence-electron chi connectivity index (χ1n) is 8.78. The zero-order valence-corrected chi connectivity index (χ0v) is 14.2. The number of carboxylic acids is 1. The van der Waals surface area contributed by atoms with Gasteiger partial charge in [-0.3, -0.25) is 14.4 Å². The minimum atomic E-state index is -0.891. The third-order valence-electron chi connectivity index (χ3n) is 5.45. The standard InChI is InChI=1S/C18H20N4O4/c23-16(11-1-4-14-15(9-11)20-10-19-14)21-5-7-22(8-6-21)17(24)12-2-3-13(12)18(25)26/h1,4,9-10,12-13H,2-3,5-8H2,(H,19,20)(H,25,26). The Morgan fingerprint density at radius 2 is 1.73 bits per heavy atom. The van der Waals surface area contributed by atoms with Crippen molar-refractivity contribution in [3.63, 3.8) is 0 Å². The number of amides is 2. The largest absolute Gasteiger partial charge is 0.481 e. The molecule has 2 unspecified atom stereocenters. The van der Waals surface area contributed by atoms with Crippen LogP contribution in [0.4, 0.5) is 0 Å².